The first-order valence-corrected chi connectivity index (χ1v) is 5.40. The van der Waals surface area contributed by atoms with Crippen molar-refractivity contribution in [3.05, 3.63) is 35.9 Å². The van der Waals surface area contributed by atoms with Gasteiger partial charge >= 0.3 is 0 Å². The van der Waals surface area contributed by atoms with Crippen molar-refractivity contribution >= 4 is 0 Å². The van der Waals surface area contributed by atoms with E-state index in [1.807, 2.05) is 42.5 Å². The smallest absolute Gasteiger partial charge is 0.183 e. The second kappa shape index (κ2) is 8.29. The molecule has 0 aliphatic rings. The number of hydrogen-bond acceptors (Lipinski definition) is 4. The summed E-state index contributed by atoms with van der Waals surface area (Å²) >= 11 is 0. The van der Waals surface area contributed by atoms with E-state index in [0.717, 1.165) is 5.56 Å². The maximum absolute atomic E-state index is 8.45. The molecule has 0 aliphatic carbocycles. The highest BCUT2D eigenvalue weighted by atomic mass is 16.7. The van der Waals surface area contributed by atoms with Crippen LogP contribution >= 0.6 is 0 Å². The van der Waals surface area contributed by atoms with Gasteiger partial charge in [-0.15, -0.1) is 0 Å². The summed E-state index contributed by atoms with van der Waals surface area (Å²) in [5, 5.41) is 16.9. The molecule has 0 N–H and O–H groups in total. The minimum absolute atomic E-state index is 0.322. The minimum atomic E-state index is -0.502. The fourth-order valence-corrected chi connectivity index (χ4v) is 1.27. The minimum Gasteiger partial charge on any atom is -0.347 e. The molecule has 4 heteroatoms. The summed E-state index contributed by atoms with van der Waals surface area (Å²) in [5.41, 5.74) is 0.892. The number of benzene rings is 1. The van der Waals surface area contributed by atoms with E-state index < -0.39 is 6.29 Å². The van der Waals surface area contributed by atoms with Gasteiger partial charge in [0.1, 0.15) is 0 Å². The molecule has 0 saturated carbocycles. The summed E-state index contributed by atoms with van der Waals surface area (Å²) in [7, 11) is 0. The average Bonchev–Trinajstić information content (AvgIpc) is 2.38. The predicted octanol–water partition coefficient (Wildman–Crippen LogP) is 2.55. The van der Waals surface area contributed by atoms with Crippen LogP contribution in [0.5, 0.6) is 0 Å². The molecule has 0 bridgehead atoms. The Morgan fingerprint density at radius 1 is 0.941 bits per heavy atom. The first-order chi connectivity index (χ1) is 8.38. The molecular formula is C13H14N2O2. The molecule has 0 heterocycles. The van der Waals surface area contributed by atoms with Crippen LogP contribution < -0.4 is 0 Å². The van der Waals surface area contributed by atoms with E-state index in [1.165, 1.54) is 0 Å². The molecule has 1 aromatic rings. The van der Waals surface area contributed by atoms with E-state index in [2.05, 4.69) is 0 Å². The first kappa shape index (κ1) is 13.2. The third-order valence-electron chi connectivity index (χ3n) is 2.04. The highest BCUT2D eigenvalue weighted by molar-refractivity contribution is 5.15. The zero-order valence-electron chi connectivity index (χ0n) is 9.50. The maximum atomic E-state index is 8.45. The molecule has 1 aromatic carbocycles. The van der Waals surface area contributed by atoms with Crippen molar-refractivity contribution in [3.63, 3.8) is 0 Å². The molecule has 88 valence electrons. The lowest BCUT2D eigenvalue weighted by atomic mass is 10.2. The average molecular weight is 230 g/mol. The van der Waals surface area contributed by atoms with E-state index in [1.54, 1.807) is 0 Å². The van der Waals surface area contributed by atoms with Crippen LogP contribution in [0.2, 0.25) is 0 Å². The Morgan fingerprint density at radius 3 is 1.94 bits per heavy atom. The van der Waals surface area contributed by atoms with Crippen molar-refractivity contribution in [2.75, 3.05) is 13.2 Å². The molecule has 0 fully saturated rings. The van der Waals surface area contributed by atoms with Crippen LogP contribution in [0.3, 0.4) is 0 Å². The van der Waals surface area contributed by atoms with Crippen LogP contribution in [0.15, 0.2) is 30.3 Å². The van der Waals surface area contributed by atoms with Crippen LogP contribution in [-0.4, -0.2) is 13.2 Å². The standard InChI is InChI=1S/C13H14N2O2/c14-8-4-10-16-13(17-11-5-9-15)12-6-2-1-3-7-12/h1-3,6-7,13H,4-5,10-11H2. The second-order valence-corrected chi connectivity index (χ2v) is 3.30. The third-order valence-corrected chi connectivity index (χ3v) is 2.04. The molecule has 1 rings (SSSR count). The fraction of sp³-hybridized carbons (Fsp3) is 0.385. The molecule has 0 saturated heterocycles. The van der Waals surface area contributed by atoms with Gasteiger partial charge in [0, 0.05) is 5.56 Å². The predicted molar refractivity (Wildman–Crippen MR) is 61.5 cm³/mol. The Bertz CT molecular complexity index is 372. The Labute approximate surface area is 101 Å². The van der Waals surface area contributed by atoms with Crippen molar-refractivity contribution in [1.29, 1.82) is 10.5 Å². The van der Waals surface area contributed by atoms with E-state index in [4.69, 9.17) is 20.0 Å². The van der Waals surface area contributed by atoms with E-state index in [-0.39, 0.29) is 0 Å². The molecule has 0 unspecified atom stereocenters. The summed E-state index contributed by atoms with van der Waals surface area (Å²) in [6, 6.07) is 13.5. The highest BCUT2D eigenvalue weighted by Gasteiger charge is 2.11. The largest absolute Gasteiger partial charge is 0.347 e. The van der Waals surface area contributed by atoms with Gasteiger partial charge in [-0.1, -0.05) is 30.3 Å². The van der Waals surface area contributed by atoms with Gasteiger partial charge in [0.25, 0.3) is 0 Å². The SMILES string of the molecule is N#CCCOC(OCCC#N)c1ccccc1. The molecule has 17 heavy (non-hydrogen) atoms. The van der Waals surface area contributed by atoms with Crippen molar-refractivity contribution in [2.45, 2.75) is 19.1 Å². The number of hydrogen-bond donors (Lipinski definition) is 0. The van der Waals surface area contributed by atoms with Gasteiger partial charge < -0.3 is 9.47 Å². The number of rotatable bonds is 7. The monoisotopic (exact) mass is 230 g/mol. The maximum Gasteiger partial charge on any atom is 0.183 e. The van der Waals surface area contributed by atoms with Crippen molar-refractivity contribution in [2.24, 2.45) is 0 Å². The van der Waals surface area contributed by atoms with Crippen molar-refractivity contribution in [3.8, 4) is 12.1 Å². The van der Waals surface area contributed by atoms with Crippen LogP contribution in [0, 0.1) is 22.7 Å². The fourth-order valence-electron chi connectivity index (χ4n) is 1.27. The normalized spacial score (nSPS) is 9.82. The van der Waals surface area contributed by atoms with Gasteiger partial charge in [0.05, 0.1) is 38.2 Å². The number of ether oxygens (including phenoxy) is 2. The van der Waals surface area contributed by atoms with Crippen LogP contribution in [0.4, 0.5) is 0 Å². The summed E-state index contributed by atoms with van der Waals surface area (Å²) in [4.78, 5) is 0. The van der Waals surface area contributed by atoms with Gasteiger partial charge in [-0.3, -0.25) is 0 Å². The molecule has 0 radical (unpaired) electrons. The Morgan fingerprint density at radius 2 is 1.47 bits per heavy atom. The molecule has 0 amide bonds. The van der Waals surface area contributed by atoms with Crippen molar-refractivity contribution in [1.82, 2.24) is 0 Å². The lowest BCUT2D eigenvalue weighted by Gasteiger charge is -2.17. The molecule has 0 spiro atoms. The Hall–Kier alpha value is -1.88. The summed E-state index contributed by atoms with van der Waals surface area (Å²) in [5.74, 6) is 0. The van der Waals surface area contributed by atoms with Crippen LogP contribution in [0.1, 0.15) is 24.7 Å². The quantitative estimate of drug-likeness (QED) is 0.533. The number of nitriles is 2. The zero-order valence-corrected chi connectivity index (χ0v) is 9.50. The van der Waals surface area contributed by atoms with E-state index >= 15 is 0 Å². The molecule has 0 aromatic heterocycles. The van der Waals surface area contributed by atoms with Gasteiger partial charge in [-0.2, -0.15) is 10.5 Å². The number of nitrogens with zero attached hydrogens (tertiary/aromatic N) is 2. The van der Waals surface area contributed by atoms with Crippen LogP contribution in [0.25, 0.3) is 0 Å². The van der Waals surface area contributed by atoms with Gasteiger partial charge in [-0.25, -0.2) is 0 Å². The molecular weight excluding hydrogens is 216 g/mol. The highest BCUT2D eigenvalue weighted by Crippen LogP contribution is 2.18. The van der Waals surface area contributed by atoms with E-state index in [0.29, 0.717) is 26.1 Å². The summed E-state index contributed by atoms with van der Waals surface area (Å²) < 4.78 is 10.9. The first-order valence-electron chi connectivity index (χ1n) is 5.40. The lowest BCUT2D eigenvalue weighted by Crippen LogP contribution is -2.10. The van der Waals surface area contributed by atoms with Gasteiger partial charge in [0.15, 0.2) is 6.29 Å². The third kappa shape index (κ3) is 5.12. The van der Waals surface area contributed by atoms with Crippen LogP contribution in [-0.2, 0) is 9.47 Å². The van der Waals surface area contributed by atoms with Gasteiger partial charge in [0.2, 0.25) is 0 Å². The Balaban J connectivity index is 2.53. The summed E-state index contributed by atoms with van der Waals surface area (Å²) in [6.07, 6.45) is 0.147. The molecule has 0 atom stereocenters. The molecule has 4 nitrogen and oxygen atoms in total. The lowest BCUT2D eigenvalue weighted by molar-refractivity contribution is -0.144. The Kier molecular flexibility index (Phi) is 6.43. The van der Waals surface area contributed by atoms with E-state index in [9.17, 15) is 0 Å². The van der Waals surface area contributed by atoms with Gasteiger partial charge in [-0.05, 0) is 0 Å². The summed E-state index contributed by atoms with van der Waals surface area (Å²) in [6.45, 7) is 0.644. The zero-order chi connectivity index (χ0) is 12.3. The van der Waals surface area contributed by atoms with Crippen molar-refractivity contribution < 1.29 is 9.47 Å². The second-order valence-electron chi connectivity index (χ2n) is 3.30. The topological polar surface area (TPSA) is 66.0 Å². The molecule has 0 aliphatic heterocycles.